The first-order valence-corrected chi connectivity index (χ1v) is 6.26. The fourth-order valence-electron chi connectivity index (χ4n) is 1.92. The Morgan fingerprint density at radius 1 is 1.05 bits per heavy atom. The Morgan fingerprint density at radius 3 is 2.16 bits per heavy atom. The Kier molecular flexibility index (Phi) is 3.95. The second-order valence-corrected chi connectivity index (χ2v) is 4.39. The van der Waals surface area contributed by atoms with Crippen LogP contribution in [0.25, 0.3) is 0 Å². The summed E-state index contributed by atoms with van der Waals surface area (Å²) in [4.78, 5) is 14.0. The highest BCUT2D eigenvalue weighted by Crippen LogP contribution is 2.18. The molecule has 0 aliphatic heterocycles. The molecule has 0 unspecified atom stereocenters. The third-order valence-electron chi connectivity index (χ3n) is 3.00. The average molecular weight is 257 g/mol. The number of aryl methyl sites for hydroxylation is 1. The second-order valence-electron chi connectivity index (χ2n) is 4.39. The van der Waals surface area contributed by atoms with Crippen molar-refractivity contribution in [1.29, 1.82) is 0 Å². The van der Waals surface area contributed by atoms with Gasteiger partial charge in [-0.3, -0.25) is 4.79 Å². The quantitative estimate of drug-likeness (QED) is 0.819. The topological polar surface area (TPSA) is 20.3 Å². The van der Waals surface area contributed by atoms with Crippen LogP contribution in [0, 0.1) is 12.7 Å². The van der Waals surface area contributed by atoms with Gasteiger partial charge in [0.25, 0.3) is 5.91 Å². The minimum absolute atomic E-state index is 0.0749. The van der Waals surface area contributed by atoms with Gasteiger partial charge in [0, 0.05) is 17.8 Å². The summed E-state index contributed by atoms with van der Waals surface area (Å²) in [6.07, 6.45) is 0. The summed E-state index contributed by atoms with van der Waals surface area (Å²) in [5.74, 6) is -0.378. The first-order chi connectivity index (χ1) is 9.11. The first-order valence-electron chi connectivity index (χ1n) is 6.26. The van der Waals surface area contributed by atoms with Crippen molar-refractivity contribution in [2.45, 2.75) is 13.8 Å². The maximum absolute atomic E-state index is 12.9. The van der Waals surface area contributed by atoms with E-state index in [2.05, 4.69) is 0 Å². The van der Waals surface area contributed by atoms with Crippen molar-refractivity contribution in [2.75, 3.05) is 11.4 Å². The van der Waals surface area contributed by atoms with Gasteiger partial charge in [0.2, 0.25) is 0 Å². The van der Waals surface area contributed by atoms with Crippen LogP contribution in [0.2, 0.25) is 0 Å². The SMILES string of the molecule is CCN(C(=O)c1ccc(C)cc1)c1ccc(F)cc1. The van der Waals surface area contributed by atoms with Crippen LogP contribution in [0.5, 0.6) is 0 Å². The summed E-state index contributed by atoms with van der Waals surface area (Å²) >= 11 is 0. The second kappa shape index (κ2) is 5.65. The normalized spacial score (nSPS) is 10.3. The van der Waals surface area contributed by atoms with Crippen molar-refractivity contribution in [3.05, 3.63) is 65.5 Å². The summed E-state index contributed by atoms with van der Waals surface area (Å²) < 4.78 is 12.9. The summed E-state index contributed by atoms with van der Waals surface area (Å²) in [6.45, 7) is 4.42. The maximum atomic E-state index is 12.9. The standard InChI is InChI=1S/C16H16FNO/c1-3-18(15-10-8-14(17)9-11-15)16(19)13-6-4-12(2)5-7-13/h4-11H,3H2,1-2H3. The predicted molar refractivity (Wildman–Crippen MR) is 74.9 cm³/mol. The number of carbonyl (C=O) groups excluding carboxylic acids is 1. The number of halogens is 1. The molecule has 0 saturated heterocycles. The van der Waals surface area contributed by atoms with E-state index in [1.165, 1.54) is 12.1 Å². The van der Waals surface area contributed by atoms with Gasteiger partial charge in [0.15, 0.2) is 0 Å². The van der Waals surface area contributed by atoms with Gasteiger partial charge >= 0.3 is 0 Å². The Bertz CT molecular complexity index is 560. The molecule has 2 nitrogen and oxygen atoms in total. The van der Waals surface area contributed by atoms with Crippen molar-refractivity contribution < 1.29 is 9.18 Å². The lowest BCUT2D eigenvalue weighted by atomic mass is 10.1. The van der Waals surface area contributed by atoms with E-state index in [1.807, 2.05) is 38.1 Å². The molecule has 98 valence electrons. The number of nitrogens with zero attached hydrogens (tertiary/aromatic N) is 1. The molecular weight excluding hydrogens is 241 g/mol. The molecule has 2 aromatic carbocycles. The number of benzene rings is 2. The molecule has 0 heterocycles. The van der Waals surface area contributed by atoms with Gasteiger partial charge in [-0.25, -0.2) is 4.39 Å². The van der Waals surface area contributed by atoms with Gasteiger partial charge in [-0.15, -0.1) is 0 Å². The van der Waals surface area contributed by atoms with Gasteiger partial charge in [-0.05, 0) is 50.2 Å². The molecule has 2 rings (SSSR count). The molecule has 0 spiro atoms. The Balaban J connectivity index is 2.29. The smallest absolute Gasteiger partial charge is 0.258 e. The van der Waals surface area contributed by atoms with E-state index in [0.29, 0.717) is 17.8 Å². The number of carbonyl (C=O) groups is 1. The first kappa shape index (κ1) is 13.3. The highest BCUT2D eigenvalue weighted by atomic mass is 19.1. The Morgan fingerprint density at radius 2 is 1.63 bits per heavy atom. The number of anilines is 1. The molecule has 0 aliphatic carbocycles. The molecule has 1 amide bonds. The average Bonchev–Trinajstić information content (AvgIpc) is 2.42. The molecule has 0 radical (unpaired) electrons. The predicted octanol–water partition coefficient (Wildman–Crippen LogP) is 3.80. The molecule has 19 heavy (non-hydrogen) atoms. The minimum Gasteiger partial charge on any atom is -0.309 e. The van der Waals surface area contributed by atoms with Crippen molar-refractivity contribution in [1.82, 2.24) is 0 Å². The fourth-order valence-corrected chi connectivity index (χ4v) is 1.92. The Labute approximate surface area is 112 Å². The number of hydrogen-bond acceptors (Lipinski definition) is 1. The number of amides is 1. The third kappa shape index (κ3) is 2.99. The van der Waals surface area contributed by atoms with Gasteiger partial charge in [0.05, 0.1) is 0 Å². The monoisotopic (exact) mass is 257 g/mol. The molecule has 0 saturated carbocycles. The van der Waals surface area contributed by atoms with Crippen LogP contribution in [0.4, 0.5) is 10.1 Å². The Hall–Kier alpha value is -2.16. The van der Waals surface area contributed by atoms with Crippen LogP contribution in [-0.2, 0) is 0 Å². The molecular formula is C16H16FNO. The molecule has 2 aromatic rings. The van der Waals surface area contributed by atoms with Gasteiger partial charge in [-0.1, -0.05) is 17.7 Å². The van der Waals surface area contributed by atoms with E-state index in [0.717, 1.165) is 5.56 Å². The van der Waals surface area contributed by atoms with Crippen LogP contribution in [-0.4, -0.2) is 12.5 Å². The lowest BCUT2D eigenvalue weighted by molar-refractivity contribution is 0.0988. The van der Waals surface area contributed by atoms with Crippen LogP contribution < -0.4 is 4.90 Å². The van der Waals surface area contributed by atoms with E-state index in [9.17, 15) is 9.18 Å². The van der Waals surface area contributed by atoms with Crippen LogP contribution in [0.1, 0.15) is 22.8 Å². The summed E-state index contributed by atoms with van der Waals surface area (Å²) in [7, 11) is 0. The van der Waals surface area contributed by atoms with E-state index >= 15 is 0 Å². The van der Waals surface area contributed by atoms with Crippen LogP contribution in [0.3, 0.4) is 0 Å². The van der Waals surface area contributed by atoms with Gasteiger partial charge < -0.3 is 4.90 Å². The molecule has 0 aliphatic rings. The van der Waals surface area contributed by atoms with E-state index in [4.69, 9.17) is 0 Å². The fraction of sp³-hybridized carbons (Fsp3) is 0.188. The zero-order valence-corrected chi connectivity index (χ0v) is 11.1. The van der Waals surface area contributed by atoms with E-state index < -0.39 is 0 Å². The molecule has 0 aromatic heterocycles. The zero-order chi connectivity index (χ0) is 13.8. The maximum Gasteiger partial charge on any atom is 0.258 e. The largest absolute Gasteiger partial charge is 0.309 e. The van der Waals surface area contributed by atoms with Gasteiger partial charge in [-0.2, -0.15) is 0 Å². The third-order valence-corrected chi connectivity index (χ3v) is 3.00. The molecule has 3 heteroatoms. The molecule has 0 atom stereocenters. The van der Waals surface area contributed by atoms with Crippen LogP contribution >= 0.6 is 0 Å². The molecule has 0 N–H and O–H groups in total. The van der Waals surface area contributed by atoms with E-state index in [-0.39, 0.29) is 11.7 Å². The summed E-state index contributed by atoms with van der Waals surface area (Å²) in [5.41, 5.74) is 2.45. The minimum atomic E-state index is -0.303. The molecule has 0 bridgehead atoms. The van der Waals surface area contributed by atoms with Crippen molar-refractivity contribution in [2.24, 2.45) is 0 Å². The summed E-state index contributed by atoms with van der Waals surface area (Å²) in [6, 6.07) is 13.4. The highest BCUT2D eigenvalue weighted by Gasteiger charge is 2.15. The molecule has 0 fully saturated rings. The number of rotatable bonds is 3. The zero-order valence-electron chi connectivity index (χ0n) is 11.1. The lowest BCUT2D eigenvalue weighted by Crippen LogP contribution is -2.30. The summed E-state index contributed by atoms with van der Waals surface area (Å²) in [5, 5.41) is 0. The van der Waals surface area contributed by atoms with Crippen molar-refractivity contribution in [3.8, 4) is 0 Å². The van der Waals surface area contributed by atoms with Crippen LogP contribution in [0.15, 0.2) is 48.5 Å². The van der Waals surface area contributed by atoms with Crippen molar-refractivity contribution >= 4 is 11.6 Å². The highest BCUT2D eigenvalue weighted by molar-refractivity contribution is 6.06. The van der Waals surface area contributed by atoms with Crippen molar-refractivity contribution in [3.63, 3.8) is 0 Å². The number of hydrogen-bond donors (Lipinski definition) is 0. The van der Waals surface area contributed by atoms with Gasteiger partial charge in [0.1, 0.15) is 5.82 Å². The lowest BCUT2D eigenvalue weighted by Gasteiger charge is -2.21. The van der Waals surface area contributed by atoms with E-state index in [1.54, 1.807) is 17.0 Å².